The number of hydrogen-bond acceptors (Lipinski definition) is 4. The molecule has 2 heterocycles. The molecule has 3 rings (SSSR count). The SMILES string of the molecule is Cc1c(S(=O)(=O)Nc2nn(Cc3ccc(Cl)cc3Cl)cc2Cl)cnn1C. The predicted molar refractivity (Wildman–Crippen MR) is 102 cm³/mol. The van der Waals surface area contributed by atoms with Gasteiger partial charge in [0, 0.05) is 23.3 Å². The second-order valence-corrected chi connectivity index (χ2v) is 8.48. The fourth-order valence-electron chi connectivity index (χ4n) is 2.30. The van der Waals surface area contributed by atoms with Gasteiger partial charge in [0.15, 0.2) is 5.82 Å². The van der Waals surface area contributed by atoms with Gasteiger partial charge in [0.2, 0.25) is 0 Å². The van der Waals surface area contributed by atoms with Crippen LogP contribution in [0.25, 0.3) is 0 Å². The van der Waals surface area contributed by atoms with Crippen molar-refractivity contribution < 1.29 is 8.42 Å². The second-order valence-electron chi connectivity index (χ2n) is 5.58. The van der Waals surface area contributed by atoms with Crippen LogP contribution in [-0.4, -0.2) is 28.0 Å². The number of aryl methyl sites for hydroxylation is 1. The van der Waals surface area contributed by atoms with Gasteiger partial charge in [-0.05, 0) is 24.6 Å². The van der Waals surface area contributed by atoms with Crippen LogP contribution >= 0.6 is 34.8 Å². The van der Waals surface area contributed by atoms with Gasteiger partial charge in [-0.15, -0.1) is 0 Å². The molecule has 1 N–H and O–H groups in total. The molecule has 138 valence electrons. The first-order chi connectivity index (χ1) is 12.2. The van der Waals surface area contributed by atoms with Crippen LogP contribution in [0.5, 0.6) is 0 Å². The Morgan fingerprint density at radius 2 is 1.92 bits per heavy atom. The zero-order chi connectivity index (χ0) is 19.1. The molecule has 7 nitrogen and oxygen atoms in total. The summed E-state index contributed by atoms with van der Waals surface area (Å²) < 4.78 is 30.4. The van der Waals surface area contributed by atoms with E-state index in [1.54, 1.807) is 32.2 Å². The van der Waals surface area contributed by atoms with Crippen molar-refractivity contribution in [1.29, 1.82) is 0 Å². The number of rotatable bonds is 5. The number of hydrogen-bond donors (Lipinski definition) is 1. The standard InChI is InChI=1S/C15H14Cl3N5O2S/c1-9-14(6-19-22(9)2)26(24,25)21-15-13(18)8-23(20-15)7-10-3-4-11(16)5-12(10)17/h3-6,8H,7H2,1-2H3,(H,20,21). The van der Waals surface area contributed by atoms with Gasteiger partial charge in [0.05, 0.1) is 18.4 Å². The van der Waals surface area contributed by atoms with Crippen molar-refractivity contribution in [3.05, 3.63) is 56.9 Å². The third-order valence-electron chi connectivity index (χ3n) is 3.78. The van der Waals surface area contributed by atoms with Gasteiger partial charge in [0.1, 0.15) is 9.92 Å². The summed E-state index contributed by atoms with van der Waals surface area (Å²) in [5.41, 5.74) is 1.27. The van der Waals surface area contributed by atoms with Gasteiger partial charge < -0.3 is 0 Å². The summed E-state index contributed by atoms with van der Waals surface area (Å²) in [5, 5.41) is 9.31. The van der Waals surface area contributed by atoms with E-state index < -0.39 is 10.0 Å². The number of anilines is 1. The zero-order valence-corrected chi connectivity index (χ0v) is 16.8. The van der Waals surface area contributed by atoms with Gasteiger partial charge in [-0.3, -0.25) is 14.1 Å². The number of sulfonamides is 1. The molecule has 0 atom stereocenters. The van der Waals surface area contributed by atoms with E-state index in [-0.39, 0.29) is 15.7 Å². The molecule has 0 aliphatic rings. The van der Waals surface area contributed by atoms with E-state index in [9.17, 15) is 8.42 Å². The van der Waals surface area contributed by atoms with Crippen LogP contribution in [0.4, 0.5) is 5.82 Å². The predicted octanol–water partition coefficient (Wildman–Crippen LogP) is 3.73. The number of aromatic nitrogens is 4. The number of benzene rings is 1. The first-order valence-corrected chi connectivity index (χ1v) is 9.97. The third-order valence-corrected chi connectivity index (χ3v) is 6.08. The molecule has 2 aromatic heterocycles. The van der Waals surface area contributed by atoms with Crippen molar-refractivity contribution in [2.24, 2.45) is 7.05 Å². The van der Waals surface area contributed by atoms with E-state index in [0.29, 0.717) is 22.3 Å². The van der Waals surface area contributed by atoms with Crippen LogP contribution in [-0.2, 0) is 23.6 Å². The molecule has 0 amide bonds. The van der Waals surface area contributed by atoms with Crippen LogP contribution < -0.4 is 4.72 Å². The fraction of sp³-hybridized carbons (Fsp3) is 0.200. The maximum absolute atomic E-state index is 12.5. The van der Waals surface area contributed by atoms with Crippen molar-refractivity contribution in [2.45, 2.75) is 18.4 Å². The molecule has 0 aliphatic carbocycles. The molecule has 0 bridgehead atoms. The van der Waals surface area contributed by atoms with Crippen LogP contribution in [0, 0.1) is 6.92 Å². The van der Waals surface area contributed by atoms with Crippen LogP contribution in [0.3, 0.4) is 0 Å². The number of nitrogens with zero attached hydrogens (tertiary/aromatic N) is 4. The lowest BCUT2D eigenvalue weighted by atomic mass is 10.2. The molecule has 3 aromatic rings. The van der Waals surface area contributed by atoms with Crippen molar-refractivity contribution in [1.82, 2.24) is 19.6 Å². The average Bonchev–Trinajstić information content (AvgIpc) is 3.05. The van der Waals surface area contributed by atoms with Crippen molar-refractivity contribution in [2.75, 3.05) is 4.72 Å². The van der Waals surface area contributed by atoms with Crippen LogP contribution in [0.2, 0.25) is 15.1 Å². The highest BCUT2D eigenvalue weighted by Gasteiger charge is 2.22. The lowest BCUT2D eigenvalue weighted by molar-refractivity contribution is 0.599. The Morgan fingerprint density at radius 1 is 1.19 bits per heavy atom. The molecule has 1 aromatic carbocycles. The lowest BCUT2D eigenvalue weighted by Gasteiger charge is -2.06. The zero-order valence-electron chi connectivity index (χ0n) is 13.7. The smallest absolute Gasteiger partial charge is 0.266 e. The molecular weight excluding hydrogens is 421 g/mol. The van der Waals surface area contributed by atoms with E-state index in [1.807, 2.05) is 0 Å². The summed E-state index contributed by atoms with van der Waals surface area (Å²) in [4.78, 5) is 0.0614. The van der Waals surface area contributed by atoms with Gasteiger partial charge in [-0.2, -0.15) is 10.2 Å². The Morgan fingerprint density at radius 3 is 2.54 bits per heavy atom. The molecule has 0 radical (unpaired) electrons. The number of nitrogens with one attached hydrogen (secondary N) is 1. The summed E-state index contributed by atoms with van der Waals surface area (Å²) in [6, 6.07) is 5.10. The average molecular weight is 435 g/mol. The van der Waals surface area contributed by atoms with Crippen LogP contribution in [0.1, 0.15) is 11.3 Å². The Labute approximate surface area is 165 Å². The second kappa shape index (κ2) is 7.11. The normalized spacial score (nSPS) is 11.7. The van der Waals surface area contributed by atoms with Crippen LogP contribution in [0.15, 0.2) is 35.5 Å². The first-order valence-electron chi connectivity index (χ1n) is 7.35. The topological polar surface area (TPSA) is 81.8 Å². The van der Waals surface area contributed by atoms with E-state index >= 15 is 0 Å². The largest absolute Gasteiger partial charge is 0.272 e. The third kappa shape index (κ3) is 3.83. The van der Waals surface area contributed by atoms with Crippen molar-refractivity contribution in [3.8, 4) is 0 Å². The van der Waals surface area contributed by atoms with E-state index in [2.05, 4.69) is 14.9 Å². The molecule has 0 saturated heterocycles. The fourth-order valence-corrected chi connectivity index (χ4v) is 4.24. The van der Waals surface area contributed by atoms with Crippen molar-refractivity contribution in [3.63, 3.8) is 0 Å². The van der Waals surface area contributed by atoms with E-state index in [0.717, 1.165) is 5.56 Å². The summed E-state index contributed by atoms with van der Waals surface area (Å²) in [5.74, 6) is 0.0278. The van der Waals surface area contributed by atoms with Crippen molar-refractivity contribution >= 4 is 50.6 Å². The Kier molecular flexibility index (Phi) is 5.21. The molecule has 11 heteroatoms. The highest BCUT2D eigenvalue weighted by atomic mass is 35.5. The minimum Gasteiger partial charge on any atom is -0.272 e. The summed E-state index contributed by atoms with van der Waals surface area (Å²) in [6.07, 6.45) is 2.79. The number of halogens is 3. The Bertz CT molecular complexity index is 1080. The summed E-state index contributed by atoms with van der Waals surface area (Å²) in [6.45, 7) is 1.97. The van der Waals surface area contributed by atoms with E-state index in [1.165, 1.54) is 21.8 Å². The molecule has 0 spiro atoms. The highest BCUT2D eigenvalue weighted by molar-refractivity contribution is 7.92. The minimum absolute atomic E-state index is 0.0278. The van der Waals surface area contributed by atoms with Gasteiger partial charge >= 0.3 is 0 Å². The van der Waals surface area contributed by atoms with Gasteiger partial charge in [-0.25, -0.2) is 8.42 Å². The van der Waals surface area contributed by atoms with Gasteiger partial charge in [0.25, 0.3) is 10.0 Å². The van der Waals surface area contributed by atoms with E-state index in [4.69, 9.17) is 34.8 Å². The lowest BCUT2D eigenvalue weighted by Crippen LogP contribution is -2.15. The monoisotopic (exact) mass is 433 g/mol. The summed E-state index contributed by atoms with van der Waals surface area (Å²) >= 11 is 18.2. The Balaban J connectivity index is 1.85. The molecule has 0 fully saturated rings. The first kappa shape index (κ1) is 19.0. The summed E-state index contributed by atoms with van der Waals surface area (Å²) in [7, 11) is -2.20. The maximum Gasteiger partial charge on any atom is 0.266 e. The minimum atomic E-state index is -3.86. The van der Waals surface area contributed by atoms with Gasteiger partial charge in [-0.1, -0.05) is 40.9 Å². The Hall–Kier alpha value is -1.74. The molecule has 26 heavy (non-hydrogen) atoms. The molecule has 0 saturated carbocycles. The molecule has 0 aliphatic heterocycles. The molecule has 0 unspecified atom stereocenters. The maximum atomic E-state index is 12.5. The molecular formula is C15H14Cl3N5O2S. The quantitative estimate of drug-likeness (QED) is 0.663. The highest BCUT2D eigenvalue weighted by Crippen LogP contribution is 2.26.